The Labute approximate surface area is 172 Å². The summed E-state index contributed by atoms with van der Waals surface area (Å²) in [5.74, 6) is -0.0891. The van der Waals surface area contributed by atoms with E-state index in [1.165, 1.54) is 4.70 Å². The Hall–Kier alpha value is -2.46. The average Bonchev–Trinajstić information content (AvgIpc) is 3.12. The number of carbonyl (C=O) groups excluding carboxylic acids is 1. The molecule has 0 radical (unpaired) electrons. The molecule has 1 aromatic heterocycles. The first-order chi connectivity index (χ1) is 13.6. The number of likely N-dealkylation sites (tertiary alicyclic amines) is 1. The third-order valence-electron chi connectivity index (χ3n) is 4.93. The van der Waals surface area contributed by atoms with Crippen LogP contribution in [0, 0.1) is 11.3 Å². The number of thiazole rings is 1. The molecular formula is C21H19ClN4OS. The summed E-state index contributed by atoms with van der Waals surface area (Å²) in [6.45, 7) is 1.18. The van der Waals surface area contributed by atoms with Crippen molar-refractivity contribution < 1.29 is 4.79 Å². The monoisotopic (exact) mass is 410 g/mol. The highest BCUT2D eigenvalue weighted by molar-refractivity contribution is 7.18. The maximum atomic E-state index is 12.6. The van der Waals surface area contributed by atoms with E-state index >= 15 is 0 Å². The van der Waals surface area contributed by atoms with Gasteiger partial charge in [-0.1, -0.05) is 30.2 Å². The van der Waals surface area contributed by atoms with E-state index in [-0.39, 0.29) is 11.9 Å². The summed E-state index contributed by atoms with van der Waals surface area (Å²) in [6, 6.07) is 15.3. The van der Waals surface area contributed by atoms with Crippen molar-refractivity contribution in [3.63, 3.8) is 0 Å². The van der Waals surface area contributed by atoms with E-state index in [1.807, 2.05) is 24.3 Å². The molecule has 0 unspecified atom stereocenters. The van der Waals surface area contributed by atoms with Crippen molar-refractivity contribution in [2.75, 3.05) is 18.4 Å². The molecular weight excluding hydrogens is 392 g/mol. The number of nitrogens with one attached hydrogen (secondary N) is 1. The SMILES string of the molecule is N#Cc1ccc(NC(=O)CN2CCCC[C@H]2c2nc3ccccc3s2)cc1Cl. The summed E-state index contributed by atoms with van der Waals surface area (Å²) in [4.78, 5) is 19.6. The Bertz CT molecular complexity index is 1020. The van der Waals surface area contributed by atoms with Crippen LogP contribution in [-0.2, 0) is 4.79 Å². The molecule has 0 bridgehead atoms. The predicted molar refractivity (Wildman–Crippen MR) is 113 cm³/mol. The highest BCUT2D eigenvalue weighted by Gasteiger charge is 2.28. The molecule has 28 heavy (non-hydrogen) atoms. The molecule has 3 aromatic rings. The van der Waals surface area contributed by atoms with Crippen LogP contribution < -0.4 is 5.32 Å². The van der Waals surface area contributed by atoms with Gasteiger partial charge >= 0.3 is 0 Å². The van der Waals surface area contributed by atoms with Gasteiger partial charge in [0.15, 0.2) is 0 Å². The number of aromatic nitrogens is 1. The smallest absolute Gasteiger partial charge is 0.238 e. The molecule has 0 saturated carbocycles. The second-order valence-corrected chi connectivity index (χ2v) is 8.33. The summed E-state index contributed by atoms with van der Waals surface area (Å²) in [5, 5.41) is 13.3. The zero-order chi connectivity index (χ0) is 19.5. The fourth-order valence-electron chi connectivity index (χ4n) is 3.56. The van der Waals surface area contributed by atoms with Crippen LogP contribution in [0.5, 0.6) is 0 Å². The van der Waals surface area contributed by atoms with Gasteiger partial charge in [-0.2, -0.15) is 5.26 Å². The van der Waals surface area contributed by atoms with E-state index in [9.17, 15) is 4.79 Å². The second-order valence-electron chi connectivity index (χ2n) is 6.86. The molecule has 2 heterocycles. The number of rotatable bonds is 4. The lowest BCUT2D eigenvalue weighted by molar-refractivity contribution is -0.118. The maximum absolute atomic E-state index is 12.6. The van der Waals surface area contributed by atoms with Gasteiger partial charge in [-0.05, 0) is 49.7 Å². The van der Waals surface area contributed by atoms with Gasteiger partial charge < -0.3 is 5.32 Å². The Balaban J connectivity index is 1.48. The molecule has 4 rings (SSSR count). The number of amides is 1. The zero-order valence-corrected chi connectivity index (χ0v) is 16.8. The van der Waals surface area contributed by atoms with Crippen molar-refractivity contribution in [2.24, 2.45) is 0 Å². The van der Waals surface area contributed by atoms with E-state index in [1.54, 1.807) is 29.5 Å². The zero-order valence-electron chi connectivity index (χ0n) is 15.2. The lowest BCUT2D eigenvalue weighted by Crippen LogP contribution is -2.39. The first-order valence-electron chi connectivity index (χ1n) is 9.23. The molecule has 1 saturated heterocycles. The number of carbonyl (C=O) groups is 1. The van der Waals surface area contributed by atoms with Crippen LogP contribution in [0.1, 0.15) is 35.9 Å². The summed E-state index contributed by atoms with van der Waals surface area (Å²) >= 11 is 7.77. The van der Waals surface area contributed by atoms with Gasteiger partial charge in [-0.15, -0.1) is 11.3 Å². The Morgan fingerprint density at radius 3 is 2.96 bits per heavy atom. The highest BCUT2D eigenvalue weighted by atomic mass is 35.5. The van der Waals surface area contributed by atoms with Gasteiger partial charge in [-0.3, -0.25) is 9.69 Å². The molecule has 1 amide bonds. The van der Waals surface area contributed by atoms with Crippen molar-refractivity contribution in [1.29, 1.82) is 5.26 Å². The minimum absolute atomic E-state index is 0.0891. The fraction of sp³-hybridized carbons (Fsp3) is 0.286. The minimum Gasteiger partial charge on any atom is -0.325 e. The van der Waals surface area contributed by atoms with E-state index in [4.69, 9.17) is 21.8 Å². The number of piperidine rings is 1. The normalized spacial score (nSPS) is 17.4. The molecule has 5 nitrogen and oxygen atoms in total. The van der Waals surface area contributed by atoms with Crippen molar-refractivity contribution in [3.05, 3.63) is 58.1 Å². The summed E-state index contributed by atoms with van der Waals surface area (Å²) in [7, 11) is 0. The molecule has 7 heteroatoms. The van der Waals surface area contributed by atoms with Gasteiger partial charge in [0.1, 0.15) is 11.1 Å². The predicted octanol–water partition coefficient (Wildman–Crippen LogP) is 4.99. The number of fused-ring (bicyclic) bond motifs is 1. The number of nitriles is 1. The van der Waals surface area contributed by atoms with Crippen molar-refractivity contribution in [3.8, 4) is 6.07 Å². The topological polar surface area (TPSA) is 69.0 Å². The third-order valence-corrected chi connectivity index (χ3v) is 6.38. The molecule has 0 spiro atoms. The number of para-hydroxylation sites is 1. The van der Waals surface area contributed by atoms with Crippen LogP contribution in [0.2, 0.25) is 5.02 Å². The number of hydrogen-bond acceptors (Lipinski definition) is 5. The minimum atomic E-state index is -0.0891. The van der Waals surface area contributed by atoms with Gasteiger partial charge in [-0.25, -0.2) is 4.98 Å². The van der Waals surface area contributed by atoms with Gasteiger partial charge in [0.2, 0.25) is 5.91 Å². The number of anilines is 1. The van der Waals surface area contributed by atoms with Crippen LogP contribution in [0.15, 0.2) is 42.5 Å². The van der Waals surface area contributed by atoms with E-state index in [0.29, 0.717) is 22.8 Å². The van der Waals surface area contributed by atoms with Crippen LogP contribution in [0.25, 0.3) is 10.2 Å². The number of nitrogens with zero attached hydrogens (tertiary/aromatic N) is 3. The fourth-order valence-corrected chi connectivity index (χ4v) is 4.92. The maximum Gasteiger partial charge on any atom is 0.238 e. The van der Waals surface area contributed by atoms with Gasteiger partial charge in [0.05, 0.1) is 33.4 Å². The Kier molecular flexibility index (Phi) is 5.58. The first kappa shape index (κ1) is 18.9. The Morgan fingerprint density at radius 1 is 1.32 bits per heavy atom. The Morgan fingerprint density at radius 2 is 2.18 bits per heavy atom. The van der Waals surface area contributed by atoms with Gasteiger partial charge in [0, 0.05) is 5.69 Å². The summed E-state index contributed by atoms with van der Waals surface area (Å²) < 4.78 is 1.18. The molecule has 2 aromatic carbocycles. The first-order valence-corrected chi connectivity index (χ1v) is 10.4. The number of benzene rings is 2. The quantitative estimate of drug-likeness (QED) is 0.658. The highest BCUT2D eigenvalue weighted by Crippen LogP contribution is 2.35. The van der Waals surface area contributed by atoms with E-state index in [0.717, 1.165) is 36.3 Å². The van der Waals surface area contributed by atoms with Crippen molar-refractivity contribution in [1.82, 2.24) is 9.88 Å². The van der Waals surface area contributed by atoms with Crippen LogP contribution >= 0.6 is 22.9 Å². The molecule has 1 fully saturated rings. The standard InChI is InChI=1S/C21H19ClN4OS/c22-16-11-15(9-8-14(16)12-23)24-20(27)13-26-10-4-3-6-18(26)21-25-17-5-1-2-7-19(17)28-21/h1-2,5,7-9,11,18H,3-4,6,10,13H2,(H,24,27)/t18-/m0/s1. The van der Waals surface area contributed by atoms with E-state index < -0.39 is 0 Å². The lowest BCUT2D eigenvalue weighted by atomic mass is 10.0. The van der Waals surface area contributed by atoms with Crippen LogP contribution in [-0.4, -0.2) is 28.9 Å². The lowest BCUT2D eigenvalue weighted by Gasteiger charge is -2.33. The molecule has 1 aliphatic heterocycles. The molecule has 1 aliphatic rings. The largest absolute Gasteiger partial charge is 0.325 e. The molecule has 1 N–H and O–H groups in total. The second kappa shape index (κ2) is 8.27. The van der Waals surface area contributed by atoms with Gasteiger partial charge in [0.25, 0.3) is 0 Å². The summed E-state index contributed by atoms with van der Waals surface area (Å²) in [5.41, 5.74) is 2.01. The number of halogens is 1. The van der Waals surface area contributed by atoms with Crippen LogP contribution in [0.4, 0.5) is 5.69 Å². The average molecular weight is 411 g/mol. The third kappa shape index (κ3) is 4.02. The van der Waals surface area contributed by atoms with Crippen LogP contribution in [0.3, 0.4) is 0 Å². The molecule has 1 atom stereocenters. The number of hydrogen-bond donors (Lipinski definition) is 1. The molecule has 142 valence electrons. The van der Waals surface area contributed by atoms with Crippen molar-refractivity contribution in [2.45, 2.75) is 25.3 Å². The van der Waals surface area contributed by atoms with Crippen molar-refractivity contribution >= 4 is 44.7 Å². The van der Waals surface area contributed by atoms with E-state index in [2.05, 4.69) is 16.3 Å². The summed E-state index contributed by atoms with van der Waals surface area (Å²) in [6.07, 6.45) is 3.23. The molecule has 0 aliphatic carbocycles.